The Balaban J connectivity index is 1.86. The van der Waals surface area contributed by atoms with Gasteiger partial charge in [-0.15, -0.1) is 0 Å². The molecule has 2 heterocycles. The molecule has 0 amide bonds. The molecule has 0 saturated heterocycles. The molecule has 1 aliphatic heterocycles. The fourth-order valence-corrected chi connectivity index (χ4v) is 3.25. The van der Waals surface area contributed by atoms with Crippen molar-refractivity contribution in [1.82, 2.24) is 14.3 Å². The molecule has 0 radical (unpaired) electrons. The number of aryl methyl sites for hydroxylation is 1. The highest BCUT2D eigenvalue weighted by Gasteiger charge is 2.16. The van der Waals surface area contributed by atoms with E-state index in [2.05, 4.69) is 14.3 Å². The summed E-state index contributed by atoms with van der Waals surface area (Å²) in [4.78, 5) is 4.45. The van der Waals surface area contributed by atoms with E-state index in [9.17, 15) is 8.42 Å². The highest BCUT2D eigenvalue weighted by Crippen LogP contribution is 2.24. The van der Waals surface area contributed by atoms with Crippen LogP contribution < -0.4 is 4.72 Å². The molecule has 0 fully saturated rings. The van der Waals surface area contributed by atoms with Crippen molar-refractivity contribution in [3.05, 3.63) is 11.9 Å². The SMILES string of the molecule is CC(C)S(=O)(=O)NCCc1cn2c(n1)SCC2. The van der Waals surface area contributed by atoms with Gasteiger partial charge in [0.1, 0.15) is 0 Å². The van der Waals surface area contributed by atoms with Crippen LogP contribution in [-0.2, 0) is 23.0 Å². The van der Waals surface area contributed by atoms with Gasteiger partial charge in [0.25, 0.3) is 0 Å². The van der Waals surface area contributed by atoms with E-state index >= 15 is 0 Å². The van der Waals surface area contributed by atoms with E-state index < -0.39 is 10.0 Å². The smallest absolute Gasteiger partial charge is 0.213 e. The van der Waals surface area contributed by atoms with E-state index in [1.807, 2.05) is 6.20 Å². The van der Waals surface area contributed by atoms with E-state index in [4.69, 9.17) is 0 Å². The third-order valence-corrected chi connectivity index (χ3v) is 5.48. The summed E-state index contributed by atoms with van der Waals surface area (Å²) in [6.45, 7) is 4.76. The lowest BCUT2D eigenvalue weighted by molar-refractivity contribution is 0.572. The van der Waals surface area contributed by atoms with Crippen LogP contribution in [0.25, 0.3) is 0 Å². The van der Waals surface area contributed by atoms with Gasteiger partial charge >= 0.3 is 0 Å². The number of rotatable bonds is 5. The van der Waals surface area contributed by atoms with Crippen LogP contribution in [0.1, 0.15) is 19.5 Å². The first-order valence-electron chi connectivity index (χ1n) is 5.66. The van der Waals surface area contributed by atoms with Crippen molar-refractivity contribution in [2.75, 3.05) is 12.3 Å². The minimum Gasteiger partial charge on any atom is -0.325 e. The summed E-state index contributed by atoms with van der Waals surface area (Å²) < 4.78 is 27.7. The normalized spacial score (nSPS) is 15.5. The van der Waals surface area contributed by atoms with E-state index in [-0.39, 0.29) is 5.25 Å². The van der Waals surface area contributed by atoms with Gasteiger partial charge in [-0.3, -0.25) is 0 Å². The zero-order valence-corrected chi connectivity index (χ0v) is 11.6. The number of imidazole rings is 1. The van der Waals surface area contributed by atoms with Gasteiger partial charge in [0.05, 0.1) is 10.9 Å². The average Bonchev–Trinajstić information content (AvgIpc) is 2.76. The zero-order chi connectivity index (χ0) is 12.5. The van der Waals surface area contributed by atoms with Crippen LogP contribution >= 0.6 is 11.8 Å². The van der Waals surface area contributed by atoms with Crippen LogP contribution in [0.4, 0.5) is 0 Å². The minimum absolute atomic E-state index is 0.384. The first-order valence-corrected chi connectivity index (χ1v) is 8.19. The minimum atomic E-state index is -3.15. The summed E-state index contributed by atoms with van der Waals surface area (Å²) in [7, 11) is -3.15. The van der Waals surface area contributed by atoms with Gasteiger partial charge in [0, 0.05) is 31.5 Å². The van der Waals surface area contributed by atoms with Crippen molar-refractivity contribution in [3.63, 3.8) is 0 Å². The summed E-state index contributed by atoms with van der Waals surface area (Å²) >= 11 is 1.75. The van der Waals surface area contributed by atoms with Crippen molar-refractivity contribution < 1.29 is 8.42 Å². The van der Waals surface area contributed by atoms with Crippen LogP contribution in [0, 0.1) is 0 Å². The Kier molecular flexibility index (Phi) is 3.79. The van der Waals surface area contributed by atoms with Gasteiger partial charge in [0.2, 0.25) is 10.0 Å². The second kappa shape index (κ2) is 4.99. The van der Waals surface area contributed by atoms with Crippen LogP contribution in [-0.4, -0.2) is 35.5 Å². The van der Waals surface area contributed by atoms with Gasteiger partial charge < -0.3 is 4.57 Å². The first kappa shape index (κ1) is 12.9. The Morgan fingerprint density at radius 2 is 2.35 bits per heavy atom. The summed E-state index contributed by atoms with van der Waals surface area (Å²) in [6.07, 6.45) is 2.66. The molecule has 0 bridgehead atoms. The number of fused-ring (bicyclic) bond motifs is 1. The van der Waals surface area contributed by atoms with Crippen LogP contribution in [0.15, 0.2) is 11.4 Å². The van der Waals surface area contributed by atoms with Crippen molar-refractivity contribution in [2.45, 2.75) is 37.2 Å². The second-order valence-corrected chi connectivity index (χ2v) is 7.68. The maximum atomic E-state index is 11.5. The average molecular weight is 275 g/mol. The second-order valence-electron chi connectivity index (χ2n) is 4.29. The molecule has 0 spiro atoms. The molecule has 1 aromatic heterocycles. The van der Waals surface area contributed by atoms with Crippen LogP contribution in [0.2, 0.25) is 0 Å². The Bertz CT molecular complexity index is 472. The van der Waals surface area contributed by atoms with Crippen molar-refractivity contribution in [3.8, 4) is 0 Å². The number of hydrogen-bond acceptors (Lipinski definition) is 4. The molecule has 96 valence electrons. The van der Waals surface area contributed by atoms with Crippen molar-refractivity contribution in [2.24, 2.45) is 0 Å². The van der Waals surface area contributed by atoms with E-state index in [0.717, 1.165) is 23.1 Å². The molecule has 2 rings (SSSR count). The topological polar surface area (TPSA) is 64.0 Å². The largest absolute Gasteiger partial charge is 0.325 e. The van der Waals surface area contributed by atoms with Gasteiger partial charge in [-0.2, -0.15) is 0 Å². The number of hydrogen-bond donors (Lipinski definition) is 1. The summed E-state index contributed by atoms with van der Waals surface area (Å²) in [5.41, 5.74) is 0.957. The molecular formula is C10H17N3O2S2. The highest BCUT2D eigenvalue weighted by molar-refractivity contribution is 7.99. The van der Waals surface area contributed by atoms with E-state index in [0.29, 0.717) is 13.0 Å². The Morgan fingerprint density at radius 1 is 1.59 bits per heavy atom. The predicted octanol–water partition coefficient (Wildman–Crippen LogP) is 0.859. The molecule has 17 heavy (non-hydrogen) atoms. The first-order chi connectivity index (χ1) is 7.99. The fourth-order valence-electron chi connectivity index (χ4n) is 1.57. The lowest BCUT2D eigenvalue weighted by Gasteiger charge is -2.08. The van der Waals surface area contributed by atoms with Gasteiger partial charge in [-0.25, -0.2) is 18.1 Å². The lowest BCUT2D eigenvalue weighted by atomic mass is 10.3. The molecule has 0 aromatic carbocycles. The zero-order valence-electron chi connectivity index (χ0n) is 10.0. The molecule has 7 heteroatoms. The molecule has 0 atom stereocenters. The summed E-state index contributed by atoms with van der Waals surface area (Å²) in [6, 6.07) is 0. The summed E-state index contributed by atoms with van der Waals surface area (Å²) in [5, 5.41) is 0.664. The van der Waals surface area contributed by atoms with Gasteiger partial charge in [-0.05, 0) is 13.8 Å². The molecular weight excluding hydrogens is 258 g/mol. The van der Waals surface area contributed by atoms with Crippen molar-refractivity contribution in [1.29, 1.82) is 0 Å². The Labute approximate surface area is 106 Å². The third-order valence-electron chi connectivity index (χ3n) is 2.66. The number of aromatic nitrogens is 2. The van der Waals surface area contributed by atoms with Gasteiger partial charge in [0.15, 0.2) is 5.16 Å². The maximum absolute atomic E-state index is 11.5. The van der Waals surface area contributed by atoms with Crippen LogP contribution in [0.3, 0.4) is 0 Å². The molecule has 1 aliphatic rings. The molecule has 0 saturated carbocycles. The summed E-state index contributed by atoms with van der Waals surface area (Å²) in [5.74, 6) is 1.09. The predicted molar refractivity (Wildman–Crippen MR) is 68.7 cm³/mol. The quantitative estimate of drug-likeness (QED) is 0.865. The third kappa shape index (κ3) is 3.02. The molecule has 5 nitrogen and oxygen atoms in total. The lowest BCUT2D eigenvalue weighted by Crippen LogP contribution is -2.32. The monoisotopic (exact) mass is 275 g/mol. The maximum Gasteiger partial charge on any atom is 0.213 e. The van der Waals surface area contributed by atoms with E-state index in [1.165, 1.54) is 0 Å². The highest BCUT2D eigenvalue weighted by atomic mass is 32.2. The fraction of sp³-hybridized carbons (Fsp3) is 0.700. The number of thioether (sulfide) groups is 1. The molecule has 1 N–H and O–H groups in total. The van der Waals surface area contributed by atoms with E-state index in [1.54, 1.807) is 25.6 Å². The van der Waals surface area contributed by atoms with Crippen molar-refractivity contribution >= 4 is 21.8 Å². The molecule has 0 aliphatic carbocycles. The Hall–Kier alpha value is -0.530. The molecule has 0 unspecified atom stereocenters. The Morgan fingerprint density at radius 3 is 3.00 bits per heavy atom. The standard InChI is InChI=1S/C10H17N3O2S2/c1-8(2)17(14,15)11-4-3-9-7-13-5-6-16-10(13)12-9/h7-8,11H,3-6H2,1-2H3. The number of sulfonamides is 1. The molecule has 1 aromatic rings. The van der Waals surface area contributed by atoms with Gasteiger partial charge in [-0.1, -0.05) is 11.8 Å². The number of nitrogens with zero attached hydrogens (tertiary/aromatic N) is 2. The van der Waals surface area contributed by atoms with Crippen LogP contribution in [0.5, 0.6) is 0 Å². The number of nitrogens with one attached hydrogen (secondary N) is 1.